The van der Waals surface area contributed by atoms with E-state index in [0.717, 1.165) is 5.39 Å². The van der Waals surface area contributed by atoms with E-state index < -0.39 is 17.8 Å². The number of nitrogens with one attached hydrogen (secondary N) is 2. The van der Waals surface area contributed by atoms with Crippen molar-refractivity contribution in [1.82, 2.24) is 10.4 Å². The fourth-order valence-electron chi connectivity index (χ4n) is 4.56. The van der Waals surface area contributed by atoms with Gasteiger partial charge in [0.2, 0.25) is 0 Å². The largest absolute Gasteiger partial charge is 0.495 e. The van der Waals surface area contributed by atoms with Crippen molar-refractivity contribution in [2.24, 2.45) is 5.10 Å². The maximum atomic E-state index is 13.4. The SMILES string of the molecule is COc1cc(C(=O)Oc2ccccc2C=NNC(=O)c2[nH]c3c(OC)cccc3c2-c2ccccc2Cl)ccc1OC(C)=O. The molecule has 0 atom stereocenters. The summed E-state index contributed by atoms with van der Waals surface area (Å²) in [4.78, 5) is 40.9. The van der Waals surface area contributed by atoms with Crippen molar-refractivity contribution >= 4 is 46.6 Å². The van der Waals surface area contributed by atoms with E-state index in [1.807, 2.05) is 30.3 Å². The first-order valence-electron chi connectivity index (χ1n) is 13.2. The van der Waals surface area contributed by atoms with E-state index in [0.29, 0.717) is 33.0 Å². The number of nitrogens with zero attached hydrogens (tertiary/aromatic N) is 1. The topological polar surface area (TPSA) is 128 Å². The van der Waals surface area contributed by atoms with Gasteiger partial charge in [0, 0.05) is 34.0 Å². The Morgan fingerprint density at radius 3 is 2.30 bits per heavy atom. The number of aromatic amines is 1. The van der Waals surface area contributed by atoms with Crippen LogP contribution in [0.25, 0.3) is 22.0 Å². The Kier molecular flexibility index (Phi) is 8.92. The van der Waals surface area contributed by atoms with E-state index in [4.69, 9.17) is 30.5 Å². The maximum Gasteiger partial charge on any atom is 0.343 e. The standard InChI is InChI=1S/C33H26ClN3O7/c1-19(38)43-26-16-15-20(17-28(26)42-3)33(40)44-25-13-7-4-9-21(25)18-35-37-32(39)31-29(22-10-5-6-12-24(22)34)23-11-8-14-27(41-2)30(23)36-31/h4-18,36H,1-3H3,(H,37,39). The van der Waals surface area contributed by atoms with E-state index in [1.54, 1.807) is 43.5 Å². The van der Waals surface area contributed by atoms with Gasteiger partial charge in [0.25, 0.3) is 5.91 Å². The molecular weight excluding hydrogens is 586 g/mol. The van der Waals surface area contributed by atoms with Crippen LogP contribution in [0.5, 0.6) is 23.0 Å². The predicted molar refractivity (Wildman–Crippen MR) is 166 cm³/mol. The number of ether oxygens (including phenoxy) is 4. The van der Waals surface area contributed by atoms with Gasteiger partial charge in [-0.3, -0.25) is 9.59 Å². The number of hydrazone groups is 1. The molecule has 11 heteroatoms. The number of rotatable bonds is 9. The van der Waals surface area contributed by atoms with Crippen LogP contribution < -0.4 is 24.4 Å². The Balaban J connectivity index is 1.39. The van der Waals surface area contributed by atoms with Crippen molar-refractivity contribution in [1.29, 1.82) is 0 Å². The maximum absolute atomic E-state index is 13.4. The minimum Gasteiger partial charge on any atom is -0.495 e. The van der Waals surface area contributed by atoms with Crippen LogP contribution in [0.1, 0.15) is 33.3 Å². The molecule has 1 amide bonds. The molecule has 0 radical (unpaired) electrons. The summed E-state index contributed by atoms with van der Waals surface area (Å²) in [5.41, 5.74) is 5.27. The molecule has 1 aromatic heterocycles. The molecule has 0 aliphatic heterocycles. The van der Waals surface area contributed by atoms with Crippen molar-refractivity contribution in [3.05, 3.63) is 107 Å². The normalized spacial score (nSPS) is 10.9. The molecule has 0 saturated heterocycles. The lowest BCUT2D eigenvalue weighted by Crippen LogP contribution is -2.19. The van der Waals surface area contributed by atoms with Crippen LogP contribution in [0.2, 0.25) is 5.02 Å². The average Bonchev–Trinajstić information content (AvgIpc) is 3.41. The molecule has 222 valence electrons. The number of benzene rings is 4. The van der Waals surface area contributed by atoms with Crippen LogP contribution in [-0.4, -0.2) is 43.3 Å². The summed E-state index contributed by atoms with van der Waals surface area (Å²) >= 11 is 6.52. The molecule has 0 aliphatic carbocycles. The Hall–Kier alpha value is -5.61. The van der Waals surface area contributed by atoms with Gasteiger partial charge in [-0.2, -0.15) is 5.10 Å². The second kappa shape index (κ2) is 13.1. The highest BCUT2D eigenvalue weighted by molar-refractivity contribution is 6.34. The van der Waals surface area contributed by atoms with Crippen LogP contribution in [-0.2, 0) is 4.79 Å². The Morgan fingerprint density at radius 2 is 1.55 bits per heavy atom. The first kappa shape index (κ1) is 29.9. The van der Waals surface area contributed by atoms with Crippen LogP contribution in [0.4, 0.5) is 0 Å². The number of carbonyl (C=O) groups excluding carboxylic acids is 3. The number of hydrogen-bond donors (Lipinski definition) is 2. The third-order valence-electron chi connectivity index (χ3n) is 6.53. The highest BCUT2D eigenvalue weighted by Crippen LogP contribution is 2.39. The number of carbonyl (C=O) groups is 3. The quantitative estimate of drug-likeness (QED) is 0.0852. The van der Waals surface area contributed by atoms with Crippen molar-refractivity contribution in [2.45, 2.75) is 6.92 Å². The second-order valence-corrected chi connectivity index (χ2v) is 9.73. The molecule has 10 nitrogen and oxygen atoms in total. The van der Waals surface area contributed by atoms with Gasteiger partial charge < -0.3 is 23.9 Å². The average molecular weight is 612 g/mol. The van der Waals surface area contributed by atoms with E-state index >= 15 is 0 Å². The van der Waals surface area contributed by atoms with Crippen LogP contribution in [0.3, 0.4) is 0 Å². The summed E-state index contributed by atoms with van der Waals surface area (Å²) in [5, 5.41) is 5.35. The zero-order valence-electron chi connectivity index (χ0n) is 23.8. The van der Waals surface area contributed by atoms with Crippen molar-refractivity contribution in [3.63, 3.8) is 0 Å². The van der Waals surface area contributed by atoms with E-state index in [2.05, 4.69) is 15.5 Å². The summed E-state index contributed by atoms with van der Waals surface area (Å²) in [6.07, 6.45) is 1.36. The number of esters is 2. The van der Waals surface area contributed by atoms with E-state index in [1.165, 1.54) is 38.4 Å². The van der Waals surface area contributed by atoms with Crippen LogP contribution >= 0.6 is 11.6 Å². The molecule has 0 bridgehead atoms. The zero-order valence-corrected chi connectivity index (χ0v) is 24.6. The molecule has 5 rings (SSSR count). The smallest absolute Gasteiger partial charge is 0.343 e. The number of methoxy groups -OCH3 is 2. The number of aromatic nitrogens is 1. The van der Waals surface area contributed by atoms with Gasteiger partial charge in [0.1, 0.15) is 17.2 Å². The van der Waals surface area contributed by atoms with Crippen LogP contribution in [0, 0.1) is 0 Å². The minimum atomic E-state index is -0.682. The molecule has 0 fully saturated rings. The first-order valence-corrected chi connectivity index (χ1v) is 13.6. The molecule has 0 saturated carbocycles. The van der Waals surface area contributed by atoms with Gasteiger partial charge in [-0.25, -0.2) is 10.2 Å². The molecule has 0 spiro atoms. The highest BCUT2D eigenvalue weighted by atomic mass is 35.5. The Bertz CT molecular complexity index is 1920. The van der Waals surface area contributed by atoms with Gasteiger partial charge in [-0.15, -0.1) is 0 Å². The lowest BCUT2D eigenvalue weighted by atomic mass is 10.0. The van der Waals surface area contributed by atoms with Crippen molar-refractivity contribution < 1.29 is 33.3 Å². The molecule has 2 N–H and O–H groups in total. The van der Waals surface area contributed by atoms with E-state index in [-0.39, 0.29) is 28.5 Å². The van der Waals surface area contributed by atoms with Gasteiger partial charge in [0.05, 0.1) is 31.5 Å². The zero-order chi connectivity index (χ0) is 31.2. The Labute approximate surface area is 257 Å². The summed E-state index contributed by atoms with van der Waals surface area (Å²) in [6, 6.07) is 23.7. The molecule has 5 aromatic rings. The summed E-state index contributed by atoms with van der Waals surface area (Å²) in [6.45, 7) is 1.26. The monoisotopic (exact) mass is 611 g/mol. The fraction of sp³-hybridized carbons (Fsp3) is 0.0909. The Morgan fingerprint density at radius 1 is 0.818 bits per heavy atom. The van der Waals surface area contributed by atoms with E-state index in [9.17, 15) is 14.4 Å². The predicted octanol–water partition coefficient (Wildman–Crippen LogP) is 6.41. The fourth-order valence-corrected chi connectivity index (χ4v) is 4.79. The number of amides is 1. The third kappa shape index (κ3) is 6.25. The lowest BCUT2D eigenvalue weighted by molar-refractivity contribution is -0.132. The summed E-state index contributed by atoms with van der Waals surface area (Å²) in [7, 11) is 2.94. The summed E-state index contributed by atoms with van der Waals surface area (Å²) in [5.74, 6) is -0.603. The third-order valence-corrected chi connectivity index (χ3v) is 6.86. The second-order valence-electron chi connectivity index (χ2n) is 9.32. The molecular formula is C33H26ClN3O7. The van der Waals surface area contributed by atoms with Gasteiger partial charge in [0.15, 0.2) is 11.5 Å². The number of fused-ring (bicyclic) bond motifs is 1. The molecule has 0 unspecified atom stereocenters. The first-order chi connectivity index (χ1) is 21.3. The number of H-pyrrole nitrogens is 1. The molecule has 4 aromatic carbocycles. The minimum absolute atomic E-state index is 0.166. The highest BCUT2D eigenvalue weighted by Gasteiger charge is 2.22. The van der Waals surface area contributed by atoms with Crippen molar-refractivity contribution in [2.75, 3.05) is 14.2 Å². The molecule has 1 heterocycles. The molecule has 44 heavy (non-hydrogen) atoms. The van der Waals surface area contributed by atoms with Crippen LogP contribution in [0.15, 0.2) is 90.0 Å². The lowest BCUT2D eigenvalue weighted by Gasteiger charge is -2.11. The number of para-hydroxylation sites is 2. The van der Waals surface area contributed by atoms with Crippen molar-refractivity contribution in [3.8, 4) is 34.1 Å². The number of hydrogen-bond acceptors (Lipinski definition) is 8. The summed E-state index contributed by atoms with van der Waals surface area (Å²) < 4.78 is 21.4. The molecule has 0 aliphatic rings. The van der Waals surface area contributed by atoms with Gasteiger partial charge >= 0.3 is 11.9 Å². The number of halogens is 1. The van der Waals surface area contributed by atoms with Gasteiger partial charge in [-0.1, -0.05) is 54.1 Å². The van der Waals surface area contributed by atoms with Gasteiger partial charge in [-0.05, 0) is 42.5 Å².